The van der Waals surface area contributed by atoms with Gasteiger partial charge in [0.1, 0.15) is 5.75 Å². The molecule has 0 radical (unpaired) electrons. The zero-order valence-electron chi connectivity index (χ0n) is 10.3. The van der Waals surface area contributed by atoms with Gasteiger partial charge in [-0.3, -0.25) is 0 Å². The predicted octanol–water partition coefficient (Wildman–Crippen LogP) is 2.67. The van der Waals surface area contributed by atoms with E-state index < -0.39 is 0 Å². The van der Waals surface area contributed by atoms with Gasteiger partial charge in [0.25, 0.3) is 0 Å². The van der Waals surface area contributed by atoms with Gasteiger partial charge in [-0.05, 0) is 37.6 Å². The molecule has 0 saturated carbocycles. The lowest BCUT2D eigenvalue weighted by Crippen LogP contribution is -1.94. The number of benzene rings is 1. The minimum Gasteiger partial charge on any atom is -0.506 e. The molecule has 0 unspecified atom stereocenters. The lowest BCUT2D eigenvalue weighted by Gasteiger charge is -2.05. The lowest BCUT2D eigenvalue weighted by molar-refractivity contribution is 0.478. The maximum atomic E-state index is 9.35. The third-order valence-corrected chi connectivity index (χ3v) is 3.34. The van der Waals surface area contributed by atoms with Crippen LogP contribution in [0.25, 0.3) is 0 Å². The van der Waals surface area contributed by atoms with Gasteiger partial charge in [-0.2, -0.15) is 0 Å². The smallest absolute Gasteiger partial charge is 0.188 e. The van der Waals surface area contributed by atoms with Crippen LogP contribution in [0, 0.1) is 13.8 Å². The first kappa shape index (κ1) is 12.7. The second-order valence-corrected chi connectivity index (χ2v) is 5.06. The number of hydrogen-bond donors (Lipinski definition) is 2. The quantitative estimate of drug-likeness (QED) is 0.384. The van der Waals surface area contributed by atoms with E-state index in [0.29, 0.717) is 5.69 Å². The first-order chi connectivity index (χ1) is 8.54. The van der Waals surface area contributed by atoms with Crippen LogP contribution < -0.4 is 5.73 Å². The van der Waals surface area contributed by atoms with Gasteiger partial charge >= 0.3 is 0 Å². The average Bonchev–Trinajstić information content (AvgIpc) is 2.29. The highest BCUT2D eigenvalue weighted by molar-refractivity contribution is 7.98. The fraction of sp³-hybridized carbons (Fsp3) is 0.231. The maximum Gasteiger partial charge on any atom is 0.188 e. The normalized spacial score (nSPS) is 10.6. The van der Waals surface area contributed by atoms with Crippen LogP contribution in [0.1, 0.15) is 17.0 Å². The molecule has 0 fully saturated rings. The van der Waals surface area contributed by atoms with Gasteiger partial charge in [-0.15, -0.1) is 0 Å². The Hall–Kier alpha value is -1.75. The summed E-state index contributed by atoms with van der Waals surface area (Å²) in [5, 5.41) is 10.1. The number of phenols is 1. The number of phenolic OH excluding ortho intramolecular Hbond substituents is 1. The molecule has 2 aromatic rings. The average molecular weight is 261 g/mol. The largest absolute Gasteiger partial charge is 0.506 e. The molecule has 94 valence electrons. The van der Waals surface area contributed by atoms with Gasteiger partial charge in [0.05, 0.1) is 5.69 Å². The van der Waals surface area contributed by atoms with Crippen molar-refractivity contribution in [1.82, 2.24) is 9.97 Å². The van der Waals surface area contributed by atoms with Crippen molar-refractivity contribution in [1.29, 1.82) is 0 Å². The Balaban J connectivity index is 2.08. The van der Waals surface area contributed by atoms with Crippen LogP contribution in [0.4, 0.5) is 5.69 Å². The molecule has 1 heterocycles. The fourth-order valence-corrected chi connectivity index (χ4v) is 2.49. The number of anilines is 1. The highest BCUT2D eigenvalue weighted by atomic mass is 32.2. The monoisotopic (exact) mass is 261 g/mol. The number of rotatable bonds is 3. The van der Waals surface area contributed by atoms with Crippen molar-refractivity contribution in [2.24, 2.45) is 0 Å². The Bertz CT molecular complexity index is 552. The maximum absolute atomic E-state index is 9.35. The van der Waals surface area contributed by atoms with E-state index in [1.807, 2.05) is 26.0 Å². The van der Waals surface area contributed by atoms with Crippen LogP contribution >= 0.6 is 11.8 Å². The number of aromatic nitrogens is 2. The molecule has 0 amide bonds. The molecule has 18 heavy (non-hydrogen) atoms. The third kappa shape index (κ3) is 3.13. The van der Waals surface area contributed by atoms with Crippen LogP contribution in [0.15, 0.2) is 29.4 Å². The second-order valence-electron chi connectivity index (χ2n) is 4.12. The van der Waals surface area contributed by atoms with Crippen LogP contribution in [0.3, 0.4) is 0 Å². The third-order valence-electron chi connectivity index (χ3n) is 2.42. The molecule has 0 aliphatic rings. The van der Waals surface area contributed by atoms with Gasteiger partial charge in [0.15, 0.2) is 5.16 Å². The molecule has 0 saturated heterocycles. The van der Waals surface area contributed by atoms with E-state index in [1.165, 1.54) is 0 Å². The van der Waals surface area contributed by atoms with Gasteiger partial charge in [-0.25, -0.2) is 9.97 Å². The van der Waals surface area contributed by atoms with Crippen molar-refractivity contribution in [3.8, 4) is 5.75 Å². The molecule has 0 spiro atoms. The van der Waals surface area contributed by atoms with Gasteiger partial charge < -0.3 is 10.8 Å². The summed E-state index contributed by atoms with van der Waals surface area (Å²) in [4.78, 5) is 8.72. The Morgan fingerprint density at radius 3 is 2.44 bits per heavy atom. The summed E-state index contributed by atoms with van der Waals surface area (Å²) in [6.07, 6.45) is 0. The lowest BCUT2D eigenvalue weighted by atomic mass is 10.2. The van der Waals surface area contributed by atoms with Crippen molar-refractivity contribution in [2.45, 2.75) is 24.8 Å². The zero-order chi connectivity index (χ0) is 13.1. The molecule has 4 nitrogen and oxygen atoms in total. The number of nitrogens with two attached hydrogens (primary N) is 1. The molecule has 5 heteroatoms. The summed E-state index contributed by atoms with van der Waals surface area (Å²) in [7, 11) is 0. The number of nitrogen functional groups attached to an aromatic ring is 1. The molecule has 0 aliphatic heterocycles. The first-order valence-corrected chi connectivity index (χ1v) is 6.55. The molecule has 0 aliphatic carbocycles. The van der Waals surface area contributed by atoms with E-state index >= 15 is 0 Å². The van der Waals surface area contributed by atoms with Gasteiger partial charge in [-0.1, -0.05) is 17.8 Å². The van der Waals surface area contributed by atoms with Crippen LogP contribution in [-0.4, -0.2) is 15.1 Å². The Labute approximate surface area is 110 Å². The highest BCUT2D eigenvalue weighted by Gasteiger charge is 2.03. The van der Waals surface area contributed by atoms with E-state index in [9.17, 15) is 5.11 Å². The van der Waals surface area contributed by atoms with Crippen LogP contribution in [0.5, 0.6) is 5.75 Å². The SMILES string of the molecule is Cc1cc(C)nc(SCc2ccc(O)c(N)c2)n1. The molecule has 1 aromatic heterocycles. The summed E-state index contributed by atoms with van der Waals surface area (Å²) < 4.78 is 0. The van der Waals surface area contributed by atoms with Crippen molar-refractivity contribution in [2.75, 3.05) is 5.73 Å². The molecule has 1 aromatic carbocycles. The van der Waals surface area contributed by atoms with Gasteiger partial charge in [0.2, 0.25) is 0 Å². The molecule has 2 rings (SSSR count). The van der Waals surface area contributed by atoms with E-state index in [0.717, 1.165) is 27.9 Å². The Kier molecular flexibility index (Phi) is 3.72. The molecule has 0 bridgehead atoms. The van der Waals surface area contributed by atoms with Crippen molar-refractivity contribution in [3.63, 3.8) is 0 Å². The summed E-state index contributed by atoms with van der Waals surface area (Å²) in [5.74, 6) is 0.847. The number of hydrogen-bond acceptors (Lipinski definition) is 5. The Morgan fingerprint density at radius 2 is 1.83 bits per heavy atom. The predicted molar refractivity (Wildman–Crippen MR) is 73.6 cm³/mol. The van der Waals surface area contributed by atoms with E-state index in [4.69, 9.17) is 5.73 Å². The summed E-state index contributed by atoms with van der Waals surface area (Å²) in [6.45, 7) is 3.91. The number of thioether (sulfide) groups is 1. The van der Waals surface area contributed by atoms with E-state index in [2.05, 4.69) is 9.97 Å². The standard InChI is InChI=1S/C13H15N3OS/c1-8-5-9(2)16-13(15-8)18-7-10-3-4-12(17)11(14)6-10/h3-6,17H,7,14H2,1-2H3. The van der Waals surface area contributed by atoms with Gasteiger partial charge in [0, 0.05) is 17.1 Å². The number of aryl methyl sites for hydroxylation is 2. The van der Waals surface area contributed by atoms with E-state index in [-0.39, 0.29) is 5.75 Å². The number of nitrogens with zero attached hydrogens (tertiary/aromatic N) is 2. The first-order valence-electron chi connectivity index (χ1n) is 5.57. The summed E-state index contributed by atoms with van der Waals surface area (Å²) in [6, 6.07) is 7.17. The van der Waals surface area contributed by atoms with Crippen LogP contribution in [0.2, 0.25) is 0 Å². The molecular weight excluding hydrogens is 246 g/mol. The topological polar surface area (TPSA) is 72.0 Å². The zero-order valence-corrected chi connectivity index (χ0v) is 11.2. The van der Waals surface area contributed by atoms with E-state index in [1.54, 1.807) is 23.9 Å². The van der Waals surface area contributed by atoms with Crippen molar-refractivity contribution < 1.29 is 5.11 Å². The van der Waals surface area contributed by atoms with Crippen LogP contribution in [-0.2, 0) is 5.75 Å². The minimum absolute atomic E-state index is 0.117. The second kappa shape index (κ2) is 5.27. The fourth-order valence-electron chi connectivity index (χ4n) is 1.60. The highest BCUT2D eigenvalue weighted by Crippen LogP contribution is 2.25. The molecule has 3 N–H and O–H groups in total. The summed E-state index contributed by atoms with van der Waals surface area (Å²) >= 11 is 1.56. The number of aromatic hydroxyl groups is 1. The molecule has 0 atom stereocenters. The summed E-state index contributed by atoms with van der Waals surface area (Å²) in [5.41, 5.74) is 9.02. The van der Waals surface area contributed by atoms with Crippen molar-refractivity contribution in [3.05, 3.63) is 41.2 Å². The minimum atomic E-state index is 0.117. The Morgan fingerprint density at radius 1 is 1.17 bits per heavy atom. The van der Waals surface area contributed by atoms with Crippen molar-refractivity contribution >= 4 is 17.4 Å². The molecular formula is C13H15N3OS.